The minimum atomic E-state index is -0.340. The van der Waals surface area contributed by atoms with E-state index in [4.69, 9.17) is 0 Å². The molecule has 1 heterocycles. The predicted molar refractivity (Wildman–Crippen MR) is 181 cm³/mol. The number of allylic oxidation sites excluding steroid dienone is 6. The van der Waals surface area contributed by atoms with E-state index in [9.17, 15) is 8.78 Å². The maximum absolute atomic E-state index is 14.3. The number of halogens is 2. The van der Waals surface area contributed by atoms with Gasteiger partial charge in [-0.2, -0.15) is 5.10 Å². The zero-order valence-electron chi connectivity index (χ0n) is 26.8. The molecule has 0 radical (unpaired) electrons. The second kappa shape index (κ2) is 14.3. The average molecular weight is 600 g/mol. The first-order chi connectivity index (χ1) is 21.3. The lowest BCUT2D eigenvalue weighted by atomic mass is 9.89. The zero-order chi connectivity index (χ0) is 31.2. The van der Waals surface area contributed by atoms with Crippen molar-refractivity contribution >= 4 is 23.4 Å². The van der Waals surface area contributed by atoms with Crippen molar-refractivity contribution in [1.29, 1.82) is 0 Å². The molecule has 2 aliphatic carbocycles. The van der Waals surface area contributed by atoms with E-state index < -0.39 is 0 Å². The van der Waals surface area contributed by atoms with Crippen LogP contribution in [-0.4, -0.2) is 44.1 Å². The smallest absolute Gasteiger partial charge is 0.128 e. The molecule has 234 valence electrons. The molecule has 1 saturated carbocycles. The van der Waals surface area contributed by atoms with E-state index in [2.05, 4.69) is 104 Å². The van der Waals surface area contributed by atoms with Crippen LogP contribution < -0.4 is 14.7 Å². The van der Waals surface area contributed by atoms with Gasteiger partial charge in [-0.1, -0.05) is 37.3 Å². The molecule has 5 nitrogen and oxygen atoms in total. The Morgan fingerprint density at radius 1 is 1.00 bits per heavy atom. The van der Waals surface area contributed by atoms with Crippen molar-refractivity contribution in [3.05, 3.63) is 101 Å². The number of likely N-dealkylation sites (N-methyl/N-ethyl adjacent to an activating group) is 2. The lowest BCUT2D eigenvalue weighted by molar-refractivity contribution is 0.286. The summed E-state index contributed by atoms with van der Waals surface area (Å²) in [5, 5.41) is 6.53. The predicted octanol–water partition coefficient (Wildman–Crippen LogP) is 9.12. The van der Waals surface area contributed by atoms with Gasteiger partial charge in [-0.05, 0) is 106 Å². The Labute approximate surface area is 262 Å². The Kier molecular flexibility index (Phi) is 10.2. The number of hydrogen-bond acceptors (Lipinski definition) is 5. The van der Waals surface area contributed by atoms with Crippen LogP contribution in [0.25, 0.3) is 0 Å². The first-order valence-corrected chi connectivity index (χ1v) is 16.2. The van der Waals surface area contributed by atoms with Gasteiger partial charge in [0.1, 0.15) is 23.8 Å². The SMILES string of the molecule is C=C1N(c2ccc(N(CC)CCN(C)c3ccc(C/C=C4\CCC(C5=C(F)C=C(F)CC5)C4)cc3)cc2)C=NN1C(C)CC. The quantitative estimate of drug-likeness (QED) is 0.227. The summed E-state index contributed by atoms with van der Waals surface area (Å²) in [6, 6.07) is 17.8. The molecular formula is C37H47F2N5. The van der Waals surface area contributed by atoms with Crippen LogP contribution in [0.5, 0.6) is 0 Å². The molecule has 2 atom stereocenters. The zero-order valence-corrected chi connectivity index (χ0v) is 26.8. The van der Waals surface area contributed by atoms with Crippen LogP contribution in [0.2, 0.25) is 0 Å². The van der Waals surface area contributed by atoms with Gasteiger partial charge in [-0.15, -0.1) is 0 Å². The molecule has 2 aromatic rings. The number of rotatable bonds is 12. The van der Waals surface area contributed by atoms with E-state index in [0.29, 0.717) is 18.9 Å². The van der Waals surface area contributed by atoms with Crippen molar-refractivity contribution in [3.63, 3.8) is 0 Å². The van der Waals surface area contributed by atoms with Crippen LogP contribution in [0.3, 0.4) is 0 Å². The van der Waals surface area contributed by atoms with Crippen molar-refractivity contribution in [1.82, 2.24) is 5.01 Å². The summed E-state index contributed by atoms with van der Waals surface area (Å²) in [4.78, 5) is 6.75. The van der Waals surface area contributed by atoms with Crippen molar-refractivity contribution in [3.8, 4) is 0 Å². The molecule has 1 aliphatic heterocycles. The molecule has 0 bridgehead atoms. The van der Waals surface area contributed by atoms with Crippen LogP contribution in [0, 0.1) is 5.92 Å². The molecule has 0 aromatic heterocycles. The monoisotopic (exact) mass is 599 g/mol. The second-order valence-electron chi connectivity index (χ2n) is 12.3. The maximum Gasteiger partial charge on any atom is 0.128 e. The summed E-state index contributed by atoms with van der Waals surface area (Å²) >= 11 is 0. The van der Waals surface area contributed by atoms with E-state index in [1.165, 1.54) is 22.5 Å². The van der Waals surface area contributed by atoms with Crippen LogP contribution in [0.4, 0.5) is 25.8 Å². The third-order valence-corrected chi connectivity index (χ3v) is 9.46. The van der Waals surface area contributed by atoms with Crippen molar-refractivity contribution < 1.29 is 8.78 Å². The summed E-state index contributed by atoms with van der Waals surface area (Å²) in [7, 11) is 2.15. The van der Waals surface area contributed by atoms with Gasteiger partial charge in [0.2, 0.25) is 0 Å². The van der Waals surface area contributed by atoms with Crippen LogP contribution in [-0.2, 0) is 6.42 Å². The highest BCUT2D eigenvalue weighted by Gasteiger charge is 2.27. The normalized spacial score (nSPS) is 20.1. The van der Waals surface area contributed by atoms with E-state index >= 15 is 0 Å². The van der Waals surface area contributed by atoms with Gasteiger partial charge in [-0.25, -0.2) is 13.8 Å². The fourth-order valence-corrected chi connectivity index (χ4v) is 6.39. The van der Waals surface area contributed by atoms with Gasteiger partial charge < -0.3 is 9.80 Å². The summed E-state index contributed by atoms with van der Waals surface area (Å²) in [5.41, 5.74) is 6.96. The number of benzene rings is 2. The molecule has 2 aromatic carbocycles. The topological polar surface area (TPSA) is 25.3 Å². The lowest BCUT2D eigenvalue weighted by Gasteiger charge is -2.28. The molecule has 5 rings (SSSR count). The molecule has 0 N–H and O–H groups in total. The Morgan fingerprint density at radius 2 is 1.73 bits per heavy atom. The van der Waals surface area contributed by atoms with Crippen molar-refractivity contribution in [2.45, 2.75) is 71.8 Å². The summed E-state index contributed by atoms with van der Waals surface area (Å²) < 4.78 is 27.7. The average Bonchev–Trinajstić information content (AvgIpc) is 3.67. The molecule has 7 heteroatoms. The number of anilines is 3. The first-order valence-electron chi connectivity index (χ1n) is 16.2. The molecule has 0 amide bonds. The third kappa shape index (κ3) is 7.25. The van der Waals surface area contributed by atoms with Gasteiger partial charge in [0.25, 0.3) is 0 Å². The molecule has 44 heavy (non-hydrogen) atoms. The van der Waals surface area contributed by atoms with Gasteiger partial charge in [-0.3, -0.25) is 4.90 Å². The Balaban J connectivity index is 1.11. The Hall–Kier alpha value is -3.87. The summed E-state index contributed by atoms with van der Waals surface area (Å²) in [6.07, 6.45) is 10.9. The Bertz CT molecular complexity index is 1420. The Morgan fingerprint density at radius 3 is 2.41 bits per heavy atom. The van der Waals surface area contributed by atoms with E-state index in [0.717, 1.165) is 74.9 Å². The van der Waals surface area contributed by atoms with E-state index in [-0.39, 0.29) is 17.6 Å². The van der Waals surface area contributed by atoms with Crippen LogP contribution in [0.1, 0.15) is 64.9 Å². The standard InChI is InChI=1S/C37H47F2N5/c1-6-27(3)44-28(4)43(26-40-44)35-19-17-34(18-20-35)42(7-2)23-22-41(5)33-15-11-29(12-16-33)8-9-30-10-13-31(24-30)36-21-14-32(38)25-37(36)39/h9,11-12,15-20,25-27,31H,4,6-8,10,13-14,21-24H2,1-3,5H3/b30-9+. The molecule has 2 unspecified atom stereocenters. The maximum atomic E-state index is 14.3. The highest BCUT2D eigenvalue weighted by Crippen LogP contribution is 2.41. The molecule has 0 spiro atoms. The van der Waals surface area contributed by atoms with E-state index in [1.54, 1.807) is 0 Å². The third-order valence-electron chi connectivity index (χ3n) is 9.46. The van der Waals surface area contributed by atoms with Crippen molar-refractivity contribution in [2.24, 2.45) is 11.0 Å². The molecule has 0 saturated heterocycles. The number of hydrogen-bond donors (Lipinski definition) is 0. The molecule has 1 fully saturated rings. The van der Waals surface area contributed by atoms with Gasteiger partial charge in [0, 0.05) is 56.2 Å². The lowest BCUT2D eigenvalue weighted by Crippen LogP contribution is -2.33. The van der Waals surface area contributed by atoms with Gasteiger partial charge in [0.05, 0.1) is 6.04 Å². The fourth-order valence-electron chi connectivity index (χ4n) is 6.39. The van der Waals surface area contributed by atoms with E-state index in [1.807, 2.05) is 16.2 Å². The molecular weight excluding hydrogens is 552 g/mol. The van der Waals surface area contributed by atoms with Crippen LogP contribution >= 0.6 is 0 Å². The minimum absolute atomic E-state index is 0.224. The number of nitrogens with zero attached hydrogens (tertiary/aromatic N) is 5. The largest absolute Gasteiger partial charge is 0.373 e. The summed E-state index contributed by atoms with van der Waals surface area (Å²) in [5.74, 6) is 0.434. The minimum Gasteiger partial charge on any atom is -0.373 e. The fraction of sp³-hybridized carbons (Fsp3) is 0.432. The molecule has 3 aliphatic rings. The van der Waals surface area contributed by atoms with Crippen LogP contribution in [0.15, 0.2) is 101 Å². The van der Waals surface area contributed by atoms with Gasteiger partial charge >= 0.3 is 0 Å². The first kappa shape index (κ1) is 31.6. The van der Waals surface area contributed by atoms with Crippen molar-refractivity contribution in [2.75, 3.05) is 41.4 Å². The second-order valence-corrected chi connectivity index (χ2v) is 12.3. The number of hydrazone groups is 1. The highest BCUT2D eigenvalue weighted by molar-refractivity contribution is 5.85. The highest BCUT2D eigenvalue weighted by atomic mass is 19.1. The van der Waals surface area contributed by atoms with Gasteiger partial charge in [0.15, 0.2) is 0 Å². The summed E-state index contributed by atoms with van der Waals surface area (Å²) in [6.45, 7) is 13.5.